The molecule has 1 unspecified atom stereocenters. The van der Waals surface area contributed by atoms with E-state index >= 15 is 0 Å². The number of likely N-dealkylation sites (tertiary alicyclic amines) is 1. The van der Waals surface area contributed by atoms with E-state index in [1.165, 1.54) is 23.3 Å². The van der Waals surface area contributed by atoms with E-state index in [2.05, 4.69) is 47.2 Å². The first kappa shape index (κ1) is 21.5. The maximum absolute atomic E-state index is 11.2. The summed E-state index contributed by atoms with van der Waals surface area (Å²) < 4.78 is 0. The third-order valence-corrected chi connectivity index (χ3v) is 6.34. The van der Waals surface area contributed by atoms with Crippen molar-refractivity contribution < 1.29 is 15.0 Å². The van der Waals surface area contributed by atoms with Crippen molar-refractivity contribution in [3.05, 3.63) is 82.2 Å². The molecule has 0 spiro atoms. The molecule has 2 aliphatic heterocycles. The number of aromatic carboxylic acids is 1. The number of carboxylic acid groups (broad SMARTS) is 1. The van der Waals surface area contributed by atoms with Gasteiger partial charge in [0.05, 0.1) is 11.3 Å². The number of hydrogen-bond acceptors (Lipinski definition) is 7. The van der Waals surface area contributed by atoms with Gasteiger partial charge < -0.3 is 15.5 Å². The number of nitrogens with zero attached hydrogens (tertiary/aromatic N) is 4. The number of aliphatic hydroxyl groups is 1. The van der Waals surface area contributed by atoms with E-state index < -0.39 is 12.2 Å². The van der Waals surface area contributed by atoms with Gasteiger partial charge in [-0.25, -0.2) is 14.8 Å². The minimum atomic E-state index is -0.993. The van der Waals surface area contributed by atoms with E-state index in [1.54, 1.807) is 12.1 Å². The van der Waals surface area contributed by atoms with E-state index in [1.807, 2.05) is 11.1 Å². The lowest BCUT2D eigenvalue weighted by Gasteiger charge is -2.46. The summed E-state index contributed by atoms with van der Waals surface area (Å²) in [7, 11) is 0. The van der Waals surface area contributed by atoms with Crippen LogP contribution in [-0.2, 0) is 13.1 Å². The van der Waals surface area contributed by atoms with Gasteiger partial charge in [0.15, 0.2) is 0 Å². The molecule has 2 aliphatic rings. The molecule has 0 amide bonds. The summed E-state index contributed by atoms with van der Waals surface area (Å²) in [5, 5.41) is 23.2. The monoisotopic (exact) mass is 445 g/mol. The van der Waals surface area contributed by atoms with Gasteiger partial charge in [0, 0.05) is 49.7 Å². The standard InChI is InChI=1S/C25H27N5O3/c1-15-6-16(2)8-20(7-15)27-25-26-10-19-11-29(14-22(19)28-25)21-12-30(13-21)23(31)17-4-3-5-18(9-17)24(32)33/h3-10,21,23,31H,11-14H2,1-2H3,(H,32,33)(H,26,27,28). The van der Waals surface area contributed by atoms with Gasteiger partial charge in [-0.15, -0.1) is 0 Å². The number of aromatic nitrogens is 2. The molecule has 0 saturated carbocycles. The summed E-state index contributed by atoms with van der Waals surface area (Å²) in [6, 6.07) is 13.1. The Hall–Kier alpha value is -3.33. The van der Waals surface area contributed by atoms with Crippen molar-refractivity contribution in [3.63, 3.8) is 0 Å². The van der Waals surface area contributed by atoms with Crippen LogP contribution in [0.2, 0.25) is 0 Å². The number of carboxylic acids is 1. The Morgan fingerprint density at radius 2 is 1.88 bits per heavy atom. The molecular weight excluding hydrogens is 418 g/mol. The van der Waals surface area contributed by atoms with Crippen LogP contribution in [0.15, 0.2) is 48.7 Å². The molecule has 8 nitrogen and oxygen atoms in total. The number of fused-ring (bicyclic) bond motifs is 1. The Kier molecular flexibility index (Phi) is 5.57. The number of anilines is 2. The maximum atomic E-state index is 11.2. The van der Waals surface area contributed by atoms with E-state index in [0.717, 1.165) is 30.0 Å². The number of rotatable bonds is 6. The smallest absolute Gasteiger partial charge is 0.335 e. The van der Waals surface area contributed by atoms with Gasteiger partial charge >= 0.3 is 5.97 Å². The Balaban J connectivity index is 1.20. The maximum Gasteiger partial charge on any atom is 0.335 e. The molecule has 170 valence electrons. The molecule has 1 aromatic heterocycles. The van der Waals surface area contributed by atoms with Crippen molar-refractivity contribution in [2.75, 3.05) is 18.4 Å². The fraction of sp³-hybridized carbons (Fsp3) is 0.320. The highest BCUT2D eigenvalue weighted by Gasteiger charge is 2.38. The molecule has 3 heterocycles. The summed E-state index contributed by atoms with van der Waals surface area (Å²) in [6.07, 6.45) is 1.09. The van der Waals surface area contributed by atoms with Crippen LogP contribution in [0.25, 0.3) is 0 Å². The molecule has 1 fully saturated rings. The van der Waals surface area contributed by atoms with Crippen LogP contribution in [0.4, 0.5) is 11.6 Å². The first-order valence-corrected chi connectivity index (χ1v) is 11.1. The second-order valence-electron chi connectivity index (χ2n) is 8.98. The van der Waals surface area contributed by atoms with Crippen molar-refractivity contribution >= 4 is 17.6 Å². The van der Waals surface area contributed by atoms with Gasteiger partial charge in [0.2, 0.25) is 5.95 Å². The highest BCUT2D eigenvalue weighted by molar-refractivity contribution is 5.87. The molecule has 3 N–H and O–H groups in total. The molecule has 0 aliphatic carbocycles. The van der Waals surface area contributed by atoms with Crippen molar-refractivity contribution in [2.45, 2.75) is 39.2 Å². The SMILES string of the molecule is Cc1cc(C)cc(Nc2ncc3c(n2)CN(C2CN(C(O)c4cccc(C(=O)O)c4)C2)C3)c1. The molecule has 2 aromatic carbocycles. The number of carbonyl (C=O) groups is 1. The zero-order valence-corrected chi connectivity index (χ0v) is 18.7. The predicted molar refractivity (Wildman–Crippen MR) is 124 cm³/mol. The van der Waals surface area contributed by atoms with Crippen LogP contribution >= 0.6 is 0 Å². The van der Waals surface area contributed by atoms with Crippen LogP contribution in [0.1, 0.15) is 44.5 Å². The van der Waals surface area contributed by atoms with Crippen LogP contribution in [0.3, 0.4) is 0 Å². The molecule has 0 bridgehead atoms. The number of aliphatic hydroxyl groups excluding tert-OH is 1. The molecule has 5 rings (SSSR count). The topological polar surface area (TPSA) is 102 Å². The summed E-state index contributed by atoms with van der Waals surface area (Å²) in [4.78, 5) is 24.8. The second kappa shape index (κ2) is 8.55. The minimum Gasteiger partial charge on any atom is -0.478 e. The van der Waals surface area contributed by atoms with E-state index in [0.29, 0.717) is 30.6 Å². The van der Waals surface area contributed by atoms with Crippen molar-refractivity contribution in [1.29, 1.82) is 0 Å². The highest BCUT2D eigenvalue weighted by atomic mass is 16.4. The molecule has 33 heavy (non-hydrogen) atoms. The number of nitrogens with one attached hydrogen (secondary N) is 1. The van der Waals surface area contributed by atoms with Gasteiger partial charge in [-0.2, -0.15) is 0 Å². The Morgan fingerprint density at radius 1 is 1.12 bits per heavy atom. The third kappa shape index (κ3) is 4.45. The fourth-order valence-corrected chi connectivity index (χ4v) is 4.63. The molecular formula is C25H27N5O3. The largest absolute Gasteiger partial charge is 0.478 e. The summed E-state index contributed by atoms with van der Waals surface area (Å²) in [5.74, 6) is -0.391. The van der Waals surface area contributed by atoms with Gasteiger partial charge in [-0.3, -0.25) is 9.80 Å². The predicted octanol–water partition coefficient (Wildman–Crippen LogP) is 3.23. The van der Waals surface area contributed by atoms with Crippen LogP contribution in [-0.4, -0.2) is 55.1 Å². The molecule has 8 heteroatoms. The molecule has 1 atom stereocenters. The molecule has 0 radical (unpaired) electrons. The van der Waals surface area contributed by atoms with Crippen molar-refractivity contribution in [1.82, 2.24) is 19.8 Å². The Labute approximate surface area is 192 Å². The normalized spacial score (nSPS) is 17.4. The van der Waals surface area contributed by atoms with E-state index in [9.17, 15) is 15.0 Å². The number of benzene rings is 2. The average molecular weight is 446 g/mol. The van der Waals surface area contributed by atoms with E-state index in [4.69, 9.17) is 4.98 Å². The number of aryl methyl sites for hydroxylation is 2. The zero-order valence-electron chi connectivity index (χ0n) is 18.7. The van der Waals surface area contributed by atoms with Gasteiger partial charge in [0.25, 0.3) is 0 Å². The molecule has 1 saturated heterocycles. The quantitative estimate of drug-likeness (QED) is 0.532. The molecule has 3 aromatic rings. The summed E-state index contributed by atoms with van der Waals surface area (Å²) >= 11 is 0. The second-order valence-corrected chi connectivity index (χ2v) is 8.98. The first-order valence-electron chi connectivity index (χ1n) is 11.1. The third-order valence-electron chi connectivity index (χ3n) is 6.34. The van der Waals surface area contributed by atoms with Gasteiger partial charge in [0.1, 0.15) is 6.23 Å². The van der Waals surface area contributed by atoms with Gasteiger partial charge in [-0.1, -0.05) is 18.2 Å². The number of hydrogen-bond donors (Lipinski definition) is 3. The van der Waals surface area contributed by atoms with Crippen molar-refractivity contribution in [3.8, 4) is 0 Å². The highest BCUT2D eigenvalue weighted by Crippen LogP contribution is 2.31. The minimum absolute atomic E-state index is 0.183. The summed E-state index contributed by atoms with van der Waals surface area (Å²) in [6.45, 7) is 7.12. The van der Waals surface area contributed by atoms with Crippen LogP contribution < -0.4 is 5.32 Å². The zero-order chi connectivity index (χ0) is 23.1. The van der Waals surface area contributed by atoms with Crippen molar-refractivity contribution in [2.24, 2.45) is 0 Å². The Bertz CT molecular complexity index is 1190. The summed E-state index contributed by atoms with van der Waals surface area (Å²) in [5.41, 5.74) is 6.32. The fourth-order valence-electron chi connectivity index (χ4n) is 4.63. The van der Waals surface area contributed by atoms with Crippen LogP contribution in [0.5, 0.6) is 0 Å². The lowest BCUT2D eigenvalue weighted by atomic mass is 10.0. The first-order chi connectivity index (χ1) is 15.9. The van der Waals surface area contributed by atoms with E-state index in [-0.39, 0.29) is 5.56 Å². The van der Waals surface area contributed by atoms with Crippen LogP contribution in [0, 0.1) is 13.8 Å². The lowest BCUT2D eigenvalue weighted by molar-refractivity contribution is -0.0845. The Morgan fingerprint density at radius 3 is 2.61 bits per heavy atom. The van der Waals surface area contributed by atoms with Gasteiger partial charge in [-0.05, 0) is 54.8 Å². The average Bonchev–Trinajstić information content (AvgIpc) is 3.14. The lowest BCUT2D eigenvalue weighted by Crippen LogP contribution is -2.58.